The molecule has 2 atom stereocenters. The summed E-state index contributed by atoms with van der Waals surface area (Å²) in [7, 11) is 3.69. The van der Waals surface area contributed by atoms with Crippen molar-refractivity contribution in [3.63, 3.8) is 0 Å². The lowest BCUT2D eigenvalue weighted by Crippen LogP contribution is -2.42. The largest absolute Gasteiger partial charge is 0.371 e. The third-order valence-corrected chi connectivity index (χ3v) is 4.23. The van der Waals surface area contributed by atoms with E-state index in [0.29, 0.717) is 6.04 Å². The van der Waals surface area contributed by atoms with E-state index in [0.717, 1.165) is 25.9 Å². The van der Waals surface area contributed by atoms with Gasteiger partial charge in [0.25, 0.3) is 0 Å². The number of hydrogen-bond donors (Lipinski definition) is 2. The van der Waals surface area contributed by atoms with Gasteiger partial charge in [0.1, 0.15) is 0 Å². The SMILES string of the molecule is CNC(=O)C1CCCN(c2ccc(C(C)NC)cc2)C1. The number of nitrogens with zero attached hydrogens (tertiary/aromatic N) is 1. The molecule has 1 aliphatic heterocycles. The number of benzene rings is 1. The zero-order valence-corrected chi connectivity index (χ0v) is 12.6. The number of rotatable bonds is 4. The Morgan fingerprint density at radius 1 is 1.30 bits per heavy atom. The number of carbonyl (C=O) groups is 1. The Labute approximate surface area is 121 Å². The highest BCUT2D eigenvalue weighted by molar-refractivity contribution is 5.79. The summed E-state index contributed by atoms with van der Waals surface area (Å²) in [5, 5.41) is 6.01. The van der Waals surface area contributed by atoms with Crippen molar-refractivity contribution in [2.45, 2.75) is 25.8 Å². The Morgan fingerprint density at radius 2 is 2.00 bits per heavy atom. The highest BCUT2D eigenvalue weighted by Crippen LogP contribution is 2.24. The van der Waals surface area contributed by atoms with Gasteiger partial charge in [0, 0.05) is 31.9 Å². The van der Waals surface area contributed by atoms with Crippen LogP contribution in [0.4, 0.5) is 5.69 Å². The summed E-state index contributed by atoms with van der Waals surface area (Å²) >= 11 is 0. The zero-order valence-electron chi connectivity index (χ0n) is 12.6. The smallest absolute Gasteiger partial charge is 0.224 e. The van der Waals surface area contributed by atoms with Crippen LogP contribution in [0.15, 0.2) is 24.3 Å². The molecule has 0 radical (unpaired) electrons. The first-order chi connectivity index (χ1) is 9.65. The molecule has 0 bridgehead atoms. The van der Waals surface area contributed by atoms with Crippen LogP contribution in [-0.2, 0) is 4.79 Å². The van der Waals surface area contributed by atoms with Crippen molar-refractivity contribution < 1.29 is 4.79 Å². The van der Waals surface area contributed by atoms with Crippen LogP contribution in [0.1, 0.15) is 31.4 Å². The molecule has 1 aliphatic rings. The van der Waals surface area contributed by atoms with Crippen molar-refractivity contribution in [1.29, 1.82) is 0 Å². The summed E-state index contributed by atoms with van der Waals surface area (Å²) in [5.41, 5.74) is 2.50. The topological polar surface area (TPSA) is 44.4 Å². The lowest BCUT2D eigenvalue weighted by atomic mass is 9.96. The van der Waals surface area contributed by atoms with Gasteiger partial charge in [-0.15, -0.1) is 0 Å². The molecule has 0 saturated carbocycles. The molecule has 0 aromatic heterocycles. The third kappa shape index (κ3) is 3.31. The standard InChI is InChI=1S/C16H25N3O/c1-12(17-2)13-6-8-15(9-7-13)19-10-4-5-14(11-19)16(20)18-3/h6-9,12,14,17H,4-5,10-11H2,1-3H3,(H,18,20). The van der Waals surface area contributed by atoms with E-state index in [1.165, 1.54) is 11.3 Å². The van der Waals surface area contributed by atoms with Crippen molar-refractivity contribution in [1.82, 2.24) is 10.6 Å². The molecular formula is C16H25N3O. The van der Waals surface area contributed by atoms with E-state index in [1.807, 2.05) is 7.05 Å². The van der Waals surface area contributed by atoms with Gasteiger partial charge in [-0.05, 0) is 44.5 Å². The number of hydrogen-bond acceptors (Lipinski definition) is 3. The van der Waals surface area contributed by atoms with Gasteiger partial charge in [0.15, 0.2) is 0 Å². The number of piperidine rings is 1. The van der Waals surface area contributed by atoms with Crippen molar-refractivity contribution in [2.24, 2.45) is 5.92 Å². The Bertz CT molecular complexity index is 444. The van der Waals surface area contributed by atoms with Crippen LogP contribution in [0.5, 0.6) is 0 Å². The number of nitrogens with one attached hydrogen (secondary N) is 2. The summed E-state index contributed by atoms with van der Waals surface area (Å²) in [5.74, 6) is 0.278. The minimum Gasteiger partial charge on any atom is -0.371 e. The maximum atomic E-state index is 11.8. The second-order valence-electron chi connectivity index (χ2n) is 5.50. The van der Waals surface area contributed by atoms with Crippen LogP contribution in [0, 0.1) is 5.92 Å². The Hall–Kier alpha value is -1.55. The van der Waals surface area contributed by atoms with E-state index in [9.17, 15) is 4.79 Å². The molecule has 1 aromatic rings. The molecule has 1 aromatic carbocycles. The second-order valence-corrected chi connectivity index (χ2v) is 5.50. The summed E-state index contributed by atoms with van der Waals surface area (Å²) < 4.78 is 0. The summed E-state index contributed by atoms with van der Waals surface area (Å²) in [6, 6.07) is 9.02. The zero-order chi connectivity index (χ0) is 14.5. The quantitative estimate of drug-likeness (QED) is 0.882. The van der Waals surface area contributed by atoms with Gasteiger partial charge in [0.2, 0.25) is 5.91 Å². The van der Waals surface area contributed by atoms with E-state index in [4.69, 9.17) is 0 Å². The summed E-state index contributed by atoms with van der Waals surface area (Å²) in [6.45, 7) is 4.01. The van der Waals surface area contributed by atoms with Crippen LogP contribution in [0.3, 0.4) is 0 Å². The minimum absolute atomic E-state index is 0.115. The van der Waals surface area contributed by atoms with Gasteiger partial charge in [-0.2, -0.15) is 0 Å². The maximum absolute atomic E-state index is 11.8. The Morgan fingerprint density at radius 3 is 2.60 bits per heavy atom. The molecule has 110 valence electrons. The molecule has 1 fully saturated rings. The lowest BCUT2D eigenvalue weighted by molar-refractivity contribution is -0.124. The van der Waals surface area contributed by atoms with Crippen LogP contribution < -0.4 is 15.5 Å². The number of anilines is 1. The van der Waals surface area contributed by atoms with Gasteiger partial charge in [-0.1, -0.05) is 12.1 Å². The molecule has 2 unspecified atom stereocenters. The van der Waals surface area contributed by atoms with E-state index < -0.39 is 0 Å². The maximum Gasteiger partial charge on any atom is 0.224 e. The predicted octanol–water partition coefficient (Wildman–Crippen LogP) is 1.93. The molecule has 0 aliphatic carbocycles. The first-order valence-electron chi connectivity index (χ1n) is 7.39. The van der Waals surface area contributed by atoms with Crippen molar-refractivity contribution in [2.75, 3.05) is 32.1 Å². The number of carbonyl (C=O) groups excluding carboxylic acids is 1. The normalized spacial score (nSPS) is 20.6. The molecule has 20 heavy (non-hydrogen) atoms. The fourth-order valence-corrected chi connectivity index (χ4v) is 2.77. The van der Waals surface area contributed by atoms with Gasteiger partial charge in [0.05, 0.1) is 5.92 Å². The van der Waals surface area contributed by atoms with E-state index in [1.54, 1.807) is 7.05 Å². The molecule has 1 amide bonds. The van der Waals surface area contributed by atoms with Gasteiger partial charge in [-0.3, -0.25) is 4.79 Å². The van der Waals surface area contributed by atoms with Gasteiger partial charge >= 0.3 is 0 Å². The fraction of sp³-hybridized carbons (Fsp3) is 0.562. The van der Waals surface area contributed by atoms with E-state index in [-0.39, 0.29) is 11.8 Å². The highest BCUT2D eigenvalue weighted by atomic mass is 16.1. The summed E-state index contributed by atoms with van der Waals surface area (Å²) in [4.78, 5) is 14.1. The monoisotopic (exact) mass is 275 g/mol. The van der Waals surface area contributed by atoms with Crippen molar-refractivity contribution >= 4 is 11.6 Å². The molecular weight excluding hydrogens is 250 g/mol. The second kappa shape index (κ2) is 6.75. The van der Waals surface area contributed by atoms with Crippen LogP contribution in [0.2, 0.25) is 0 Å². The highest BCUT2D eigenvalue weighted by Gasteiger charge is 2.25. The third-order valence-electron chi connectivity index (χ3n) is 4.23. The van der Waals surface area contributed by atoms with E-state index >= 15 is 0 Å². The molecule has 1 heterocycles. The fourth-order valence-electron chi connectivity index (χ4n) is 2.77. The van der Waals surface area contributed by atoms with Crippen molar-refractivity contribution in [3.8, 4) is 0 Å². The summed E-state index contributed by atoms with van der Waals surface area (Å²) in [6.07, 6.45) is 2.07. The van der Waals surface area contributed by atoms with Crippen molar-refractivity contribution in [3.05, 3.63) is 29.8 Å². The van der Waals surface area contributed by atoms with Crippen LogP contribution >= 0.6 is 0 Å². The van der Waals surface area contributed by atoms with Crippen LogP contribution in [0.25, 0.3) is 0 Å². The average molecular weight is 275 g/mol. The molecule has 1 saturated heterocycles. The molecule has 0 spiro atoms. The molecule has 2 rings (SSSR count). The molecule has 4 nitrogen and oxygen atoms in total. The predicted molar refractivity (Wildman–Crippen MR) is 82.9 cm³/mol. The molecule has 2 N–H and O–H groups in total. The molecule has 4 heteroatoms. The lowest BCUT2D eigenvalue weighted by Gasteiger charge is -2.33. The van der Waals surface area contributed by atoms with Gasteiger partial charge in [-0.25, -0.2) is 0 Å². The van der Waals surface area contributed by atoms with E-state index in [2.05, 4.69) is 46.7 Å². The van der Waals surface area contributed by atoms with Crippen LogP contribution in [-0.4, -0.2) is 33.1 Å². The average Bonchev–Trinajstić information content (AvgIpc) is 2.53. The Kier molecular flexibility index (Phi) is 5.01. The number of amides is 1. The Balaban J connectivity index is 2.05. The first-order valence-corrected chi connectivity index (χ1v) is 7.39. The minimum atomic E-state index is 0.115. The van der Waals surface area contributed by atoms with Gasteiger partial charge < -0.3 is 15.5 Å². The first kappa shape index (κ1) is 14.9.